The van der Waals surface area contributed by atoms with Crippen LogP contribution in [0, 0.1) is 0 Å². The van der Waals surface area contributed by atoms with Crippen molar-refractivity contribution in [3.8, 4) is 0 Å². The van der Waals surface area contributed by atoms with Crippen molar-refractivity contribution in [1.29, 1.82) is 0 Å². The number of nitrogens with zero attached hydrogens (tertiary/aromatic N) is 3. The zero-order chi connectivity index (χ0) is 20.8. The lowest BCUT2D eigenvalue weighted by Crippen LogP contribution is -2.44. The Morgan fingerprint density at radius 1 is 1.28 bits per heavy atom. The van der Waals surface area contributed by atoms with E-state index in [1.54, 1.807) is 22.1 Å². The molecule has 1 aromatic carbocycles. The molecular weight excluding hydrogens is 394 g/mol. The summed E-state index contributed by atoms with van der Waals surface area (Å²) < 4.78 is 32.8. The third-order valence-corrected chi connectivity index (χ3v) is 6.30. The Balaban J connectivity index is 1.53. The Morgan fingerprint density at radius 2 is 2.03 bits per heavy atom. The second-order valence-corrected chi connectivity index (χ2v) is 9.01. The Morgan fingerprint density at radius 3 is 2.83 bits per heavy atom. The van der Waals surface area contributed by atoms with E-state index in [1.165, 1.54) is 13.0 Å². The van der Waals surface area contributed by atoms with Gasteiger partial charge in [-0.25, -0.2) is 13.2 Å². The molecule has 1 amide bonds. The average Bonchev–Trinajstić information content (AvgIpc) is 3.01. The van der Waals surface area contributed by atoms with E-state index >= 15 is 0 Å². The van der Waals surface area contributed by atoms with Gasteiger partial charge in [-0.3, -0.25) is 4.79 Å². The maximum Gasteiger partial charge on any atom is 0.342 e. The van der Waals surface area contributed by atoms with Crippen molar-refractivity contribution in [2.24, 2.45) is 4.40 Å². The van der Waals surface area contributed by atoms with E-state index in [1.807, 2.05) is 31.2 Å². The number of amides is 1. The lowest BCUT2D eigenvalue weighted by Gasteiger charge is -2.29. The minimum absolute atomic E-state index is 0.0188. The molecule has 0 aliphatic carbocycles. The number of esters is 1. The number of ether oxygens (including phenoxy) is 1. The number of fused-ring (bicyclic) bond motifs is 2. The summed E-state index contributed by atoms with van der Waals surface area (Å²) in [4.78, 5) is 29.0. The van der Waals surface area contributed by atoms with Gasteiger partial charge in [0.05, 0.1) is 5.75 Å². The van der Waals surface area contributed by atoms with Crippen LogP contribution in [0.3, 0.4) is 0 Å². The third-order valence-electron chi connectivity index (χ3n) is 5.15. The summed E-state index contributed by atoms with van der Waals surface area (Å²) >= 11 is 0. The van der Waals surface area contributed by atoms with Gasteiger partial charge in [0.25, 0.3) is 15.9 Å². The van der Waals surface area contributed by atoms with Gasteiger partial charge in [0, 0.05) is 24.5 Å². The molecule has 3 heterocycles. The van der Waals surface area contributed by atoms with Crippen LogP contribution in [0.15, 0.2) is 52.6 Å². The van der Waals surface area contributed by atoms with Crippen molar-refractivity contribution in [3.05, 3.63) is 53.8 Å². The van der Waals surface area contributed by atoms with E-state index in [0.29, 0.717) is 0 Å². The SMILES string of the molecule is C[C@H](OC(=O)C1=CC=CN2CCS(=O)(=O)N=C12)C(=O)N1c2ccccc2C[C@H]1C. The quantitative estimate of drug-likeness (QED) is 0.693. The lowest BCUT2D eigenvalue weighted by molar-refractivity contribution is -0.149. The smallest absolute Gasteiger partial charge is 0.342 e. The first-order chi connectivity index (χ1) is 13.8. The van der Waals surface area contributed by atoms with Gasteiger partial charge in [0.15, 0.2) is 11.9 Å². The summed E-state index contributed by atoms with van der Waals surface area (Å²) in [7, 11) is -3.63. The van der Waals surface area contributed by atoms with Crippen LogP contribution in [-0.4, -0.2) is 55.5 Å². The van der Waals surface area contributed by atoms with Crippen LogP contribution in [0.2, 0.25) is 0 Å². The minimum atomic E-state index is -3.63. The number of hydrogen-bond acceptors (Lipinski definition) is 6. The van der Waals surface area contributed by atoms with Gasteiger partial charge in [0.2, 0.25) is 0 Å². The van der Waals surface area contributed by atoms with Gasteiger partial charge in [-0.1, -0.05) is 18.2 Å². The van der Waals surface area contributed by atoms with Crippen molar-refractivity contribution >= 4 is 33.4 Å². The summed E-state index contributed by atoms with van der Waals surface area (Å²) in [5, 5.41) is 0. The highest BCUT2D eigenvalue weighted by Gasteiger charge is 2.36. The first kappa shape index (κ1) is 19.4. The van der Waals surface area contributed by atoms with E-state index in [9.17, 15) is 18.0 Å². The van der Waals surface area contributed by atoms with Crippen LogP contribution in [-0.2, 0) is 30.8 Å². The van der Waals surface area contributed by atoms with Gasteiger partial charge in [-0.15, -0.1) is 4.40 Å². The highest BCUT2D eigenvalue weighted by molar-refractivity contribution is 7.90. The molecule has 3 aliphatic heterocycles. The third kappa shape index (κ3) is 3.57. The molecule has 1 aromatic rings. The Hall–Kier alpha value is -2.94. The van der Waals surface area contributed by atoms with E-state index in [4.69, 9.17) is 4.74 Å². The van der Waals surface area contributed by atoms with Crippen molar-refractivity contribution < 1.29 is 22.7 Å². The molecule has 0 saturated heterocycles. The van der Waals surface area contributed by atoms with E-state index in [0.717, 1.165) is 17.7 Å². The first-order valence-electron chi connectivity index (χ1n) is 9.37. The predicted molar refractivity (Wildman–Crippen MR) is 108 cm³/mol. The van der Waals surface area contributed by atoms with Gasteiger partial charge >= 0.3 is 5.97 Å². The number of para-hydroxylation sites is 1. The molecule has 2 atom stereocenters. The van der Waals surface area contributed by atoms with Gasteiger partial charge in [-0.2, -0.15) is 0 Å². The van der Waals surface area contributed by atoms with Crippen LogP contribution in [0.5, 0.6) is 0 Å². The molecule has 0 aromatic heterocycles. The number of rotatable bonds is 3. The zero-order valence-electron chi connectivity index (χ0n) is 16.1. The lowest BCUT2D eigenvalue weighted by atomic mass is 10.1. The molecule has 0 saturated carbocycles. The number of sulfonamides is 1. The number of amidine groups is 1. The summed E-state index contributed by atoms with van der Waals surface area (Å²) in [5.74, 6) is -1.19. The molecule has 0 bridgehead atoms. The molecule has 9 heteroatoms. The second kappa shape index (κ2) is 7.14. The summed E-state index contributed by atoms with van der Waals surface area (Å²) in [5.41, 5.74) is 1.91. The van der Waals surface area contributed by atoms with Crippen LogP contribution < -0.4 is 4.90 Å². The molecule has 29 heavy (non-hydrogen) atoms. The Bertz CT molecular complexity index is 1070. The molecule has 152 valence electrons. The number of anilines is 1. The summed E-state index contributed by atoms with van der Waals surface area (Å²) in [6, 6.07) is 7.60. The Kier molecular flexibility index (Phi) is 4.77. The average molecular weight is 415 g/mol. The molecule has 0 unspecified atom stereocenters. The van der Waals surface area contributed by atoms with Crippen molar-refractivity contribution in [2.75, 3.05) is 17.2 Å². The maximum atomic E-state index is 13.0. The van der Waals surface area contributed by atoms with E-state index in [2.05, 4.69) is 4.40 Å². The number of benzene rings is 1. The molecule has 3 aliphatic rings. The van der Waals surface area contributed by atoms with Crippen LogP contribution >= 0.6 is 0 Å². The monoisotopic (exact) mass is 415 g/mol. The van der Waals surface area contributed by atoms with Crippen LogP contribution in [0.1, 0.15) is 19.4 Å². The highest BCUT2D eigenvalue weighted by atomic mass is 32.2. The largest absolute Gasteiger partial charge is 0.449 e. The minimum Gasteiger partial charge on any atom is -0.449 e. The highest BCUT2D eigenvalue weighted by Crippen LogP contribution is 2.32. The number of carbonyl (C=O) groups excluding carboxylic acids is 2. The van der Waals surface area contributed by atoms with Gasteiger partial charge < -0.3 is 14.5 Å². The maximum absolute atomic E-state index is 13.0. The molecular formula is C20H21N3O5S. The van der Waals surface area contributed by atoms with Crippen LogP contribution in [0.4, 0.5) is 5.69 Å². The number of carbonyl (C=O) groups is 2. The summed E-state index contributed by atoms with van der Waals surface area (Å²) in [6.45, 7) is 3.67. The first-order valence-corrected chi connectivity index (χ1v) is 11.0. The van der Waals surface area contributed by atoms with E-state index < -0.39 is 22.1 Å². The number of hydrogen-bond donors (Lipinski definition) is 0. The molecule has 0 radical (unpaired) electrons. The van der Waals surface area contributed by atoms with Crippen LogP contribution in [0.25, 0.3) is 0 Å². The molecule has 0 spiro atoms. The van der Waals surface area contributed by atoms with E-state index in [-0.39, 0.29) is 35.7 Å². The van der Waals surface area contributed by atoms with Crippen molar-refractivity contribution in [3.63, 3.8) is 0 Å². The fourth-order valence-electron chi connectivity index (χ4n) is 3.75. The topological polar surface area (TPSA) is 96.3 Å². The normalized spacial score (nSPS) is 22.9. The second-order valence-electron chi connectivity index (χ2n) is 7.25. The van der Waals surface area contributed by atoms with Gasteiger partial charge in [-0.05, 0) is 44.1 Å². The van der Waals surface area contributed by atoms with Gasteiger partial charge in [0.1, 0.15) is 5.57 Å². The predicted octanol–water partition coefficient (Wildman–Crippen LogP) is 1.39. The molecule has 0 N–H and O–H groups in total. The molecule has 8 nitrogen and oxygen atoms in total. The zero-order valence-corrected chi connectivity index (χ0v) is 16.9. The molecule has 4 rings (SSSR count). The standard InChI is InChI=1S/C20H21N3O5S/c1-13-12-15-6-3-4-8-17(15)23(13)19(24)14(2)28-20(25)16-7-5-9-22-10-11-29(26,27)21-18(16)22/h3-9,13-14H,10-12H2,1-2H3/t13-,14+/m1/s1. The summed E-state index contributed by atoms with van der Waals surface area (Å²) in [6.07, 6.45) is 4.43. The fraction of sp³-hybridized carbons (Fsp3) is 0.350. The number of allylic oxidation sites excluding steroid dienone is 2. The van der Waals surface area contributed by atoms with Crippen molar-refractivity contribution in [2.45, 2.75) is 32.4 Å². The molecule has 0 fully saturated rings. The Labute approximate surface area is 169 Å². The fourth-order valence-corrected chi connectivity index (χ4v) is 4.73. The van der Waals surface area contributed by atoms with Crippen molar-refractivity contribution in [1.82, 2.24) is 4.90 Å².